The number of likely N-dealkylation sites (tertiary alicyclic amines) is 1. The number of benzene rings is 1. The minimum Gasteiger partial charge on any atom is -0.497 e. The lowest BCUT2D eigenvalue weighted by Gasteiger charge is -2.37. The van der Waals surface area contributed by atoms with Gasteiger partial charge in [0, 0.05) is 26.2 Å². The zero-order chi connectivity index (χ0) is 21.7. The Bertz CT molecular complexity index is 847. The first kappa shape index (κ1) is 22.6. The minimum absolute atomic E-state index is 0.0214. The number of esters is 1. The molecule has 9 heteroatoms. The second kappa shape index (κ2) is 9.78. The molecule has 2 fully saturated rings. The minimum atomic E-state index is -3.66. The summed E-state index contributed by atoms with van der Waals surface area (Å²) in [5.74, 6) is -0.143. The average molecular weight is 439 g/mol. The Morgan fingerprint density at radius 2 is 1.70 bits per heavy atom. The van der Waals surface area contributed by atoms with Crippen molar-refractivity contribution in [2.45, 2.75) is 37.5 Å². The Labute approximate surface area is 178 Å². The summed E-state index contributed by atoms with van der Waals surface area (Å²) in [5.41, 5.74) is 0. The van der Waals surface area contributed by atoms with Crippen LogP contribution in [0.3, 0.4) is 0 Å². The number of piperidine rings is 2. The van der Waals surface area contributed by atoms with Crippen LogP contribution in [-0.2, 0) is 24.3 Å². The van der Waals surface area contributed by atoms with E-state index in [1.807, 2.05) is 0 Å². The van der Waals surface area contributed by atoms with Gasteiger partial charge in [-0.05, 0) is 56.9 Å². The van der Waals surface area contributed by atoms with Crippen molar-refractivity contribution in [1.29, 1.82) is 0 Å². The summed E-state index contributed by atoms with van der Waals surface area (Å²) in [6.07, 6.45) is 2.49. The van der Waals surface area contributed by atoms with Gasteiger partial charge in [-0.15, -0.1) is 0 Å². The van der Waals surface area contributed by atoms with Crippen molar-refractivity contribution >= 4 is 21.9 Å². The molecule has 1 aromatic carbocycles. The smallest absolute Gasteiger partial charge is 0.309 e. The van der Waals surface area contributed by atoms with Gasteiger partial charge < -0.3 is 14.4 Å². The van der Waals surface area contributed by atoms with Crippen molar-refractivity contribution < 1.29 is 27.5 Å². The molecular weight excluding hydrogens is 408 g/mol. The molecule has 1 aromatic rings. The number of carbonyl (C=O) groups excluding carboxylic acids is 2. The van der Waals surface area contributed by atoms with Crippen molar-refractivity contribution in [3.05, 3.63) is 24.3 Å². The first-order valence-corrected chi connectivity index (χ1v) is 11.9. The standard InChI is InChI=1S/C21H30N2O6S/c1-3-29-21(25)16-10-13-22(14-11-16)20(24)17-5-4-12-23(15-17)30(26,27)19-8-6-18(28-2)7-9-19/h6-9,16-17H,3-5,10-15H2,1-2H3/t17-/m1/s1. The normalized spacial score (nSPS) is 21.3. The molecule has 3 rings (SSSR count). The number of rotatable bonds is 6. The van der Waals surface area contributed by atoms with Crippen LogP contribution < -0.4 is 4.74 Å². The van der Waals surface area contributed by atoms with Gasteiger partial charge in [-0.2, -0.15) is 4.31 Å². The Balaban J connectivity index is 1.61. The summed E-state index contributed by atoms with van der Waals surface area (Å²) in [6.45, 7) is 3.74. The maximum absolute atomic E-state index is 13.0. The molecule has 8 nitrogen and oxygen atoms in total. The molecular formula is C21H30N2O6S. The fraction of sp³-hybridized carbons (Fsp3) is 0.619. The third kappa shape index (κ3) is 4.95. The van der Waals surface area contributed by atoms with Crippen LogP contribution in [0.15, 0.2) is 29.2 Å². The van der Waals surface area contributed by atoms with E-state index in [1.165, 1.54) is 23.5 Å². The summed E-state index contributed by atoms with van der Waals surface area (Å²) in [7, 11) is -2.14. The number of amides is 1. The van der Waals surface area contributed by atoms with Crippen molar-refractivity contribution in [3.8, 4) is 5.75 Å². The lowest BCUT2D eigenvalue weighted by molar-refractivity contribution is -0.152. The van der Waals surface area contributed by atoms with E-state index in [4.69, 9.17) is 9.47 Å². The highest BCUT2D eigenvalue weighted by Crippen LogP contribution is 2.28. The summed E-state index contributed by atoms with van der Waals surface area (Å²) in [5, 5.41) is 0. The van der Waals surface area contributed by atoms with Crippen molar-refractivity contribution in [2.24, 2.45) is 11.8 Å². The van der Waals surface area contributed by atoms with Gasteiger partial charge in [-0.3, -0.25) is 9.59 Å². The van der Waals surface area contributed by atoms with Gasteiger partial charge in [0.25, 0.3) is 0 Å². The summed E-state index contributed by atoms with van der Waals surface area (Å²) >= 11 is 0. The molecule has 2 saturated heterocycles. The summed E-state index contributed by atoms with van der Waals surface area (Å²) in [6, 6.07) is 6.29. The molecule has 1 atom stereocenters. The van der Waals surface area contributed by atoms with Gasteiger partial charge in [-0.25, -0.2) is 8.42 Å². The van der Waals surface area contributed by atoms with Crippen LogP contribution in [0.2, 0.25) is 0 Å². The topological polar surface area (TPSA) is 93.2 Å². The monoisotopic (exact) mass is 438 g/mol. The number of sulfonamides is 1. The van der Waals surface area contributed by atoms with E-state index in [0.29, 0.717) is 57.7 Å². The fourth-order valence-electron chi connectivity index (χ4n) is 4.11. The number of hydrogen-bond donors (Lipinski definition) is 0. The highest BCUT2D eigenvalue weighted by atomic mass is 32.2. The largest absolute Gasteiger partial charge is 0.497 e. The highest BCUT2D eigenvalue weighted by molar-refractivity contribution is 7.89. The van der Waals surface area contributed by atoms with Crippen molar-refractivity contribution in [2.75, 3.05) is 39.9 Å². The van der Waals surface area contributed by atoms with Crippen LogP contribution in [-0.4, -0.2) is 69.4 Å². The molecule has 2 heterocycles. The van der Waals surface area contributed by atoms with E-state index in [2.05, 4.69) is 0 Å². The summed E-state index contributed by atoms with van der Waals surface area (Å²) < 4.78 is 37.6. The SMILES string of the molecule is CCOC(=O)C1CCN(C(=O)[C@@H]2CCCN(S(=O)(=O)c3ccc(OC)cc3)C2)CC1. The third-order valence-corrected chi connectivity index (χ3v) is 7.74. The van der Waals surface area contributed by atoms with E-state index in [1.54, 1.807) is 24.0 Å². The Hall–Kier alpha value is -2.13. The lowest BCUT2D eigenvalue weighted by atomic mass is 9.93. The average Bonchev–Trinajstić information content (AvgIpc) is 2.79. The van der Waals surface area contributed by atoms with Gasteiger partial charge in [0.1, 0.15) is 5.75 Å². The van der Waals surface area contributed by atoms with Gasteiger partial charge in [0.2, 0.25) is 15.9 Å². The maximum Gasteiger partial charge on any atom is 0.309 e. The molecule has 2 aliphatic heterocycles. The number of nitrogens with zero attached hydrogens (tertiary/aromatic N) is 2. The molecule has 0 saturated carbocycles. The second-order valence-electron chi connectivity index (χ2n) is 7.73. The Morgan fingerprint density at radius 3 is 2.30 bits per heavy atom. The quantitative estimate of drug-likeness (QED) is 0.630. The van der Waals surface area contributed by atoms with Gasteiger partial charge in [-0.1, -0.05) is 0 Å². The van der Waals surface area contributed by atoms with E-state index < -0.39 is 10.0 Å². The van der Waals surface area contributed by atoms with Crippen LogP contribution in [0.1, 0.15) is 32.6 Å². The fourth-order valence-corrected chi connectivity index (χ4v) is 5.64. The van der Waals surface area contributed by atoms with Crippen LogP contribution in [0.4, 0.5) is 0 Å². The molecule has 1 amide bonds. The molecule has 0 aromatic heterocycles. The molecule has 0 bridgehead atoms. The van der Waals surface area contributed by atoms with Crippen LogP contribution in [0.25, 0.3) is 0 Å². The van der Waals surface area contributed by atoms with Gasteiger partial charge in [0.15, 0.2) is 0 Å². The van der Waals surface area contributed by atoms with Crippen molar-refractivity contribution in [3.63, 3.8) is 0 Å². The predicted molar refractivity (Wildman–Crippen MR) is 110 cm³/mol. The predicted octanol–water partition coefficient (Wildman–Crippen LogP) is 1.90. The molecule has 0 aliphatic carbocycles. The number of hydrogen-bond acceptors (Lipinski definition) is 6. The molecule has 166 valence electrons. The van der Waals surface area contributed by atoms with E-state index in [-0.39, 0.29) is 35.2 Å². The second-order valence-corrected chi connectivity index (χ2v) is 9.67. The molecule has 30 heavy (non-hydrogen) atoms. The number of carbonyl (C=O) groups is 2. The molecule has 0 unspecified atom stereocenters. The van der Waals surface area contributed by atoms with Crippen LogP contribution in [0, 0.1) is 11.8 Å². The van der Waals surface area contributed by atoms with Crippen LogP contribution >= 0.6 is 0 Å². The molecule has 0 radical (unpaired) electrons. The zero-order valence-corrected chi connectivity index (χ0v) is 18.4. The maximum atomic E-state index is 13.0. The van der Waals surface area contributed by atoms with Gasteiger partial charge in [0.05, 0.1) is 30.4 Å². The molecule has 2 aliphatic rings. The first-order chi connectivity index (χ1) is 14.4. The van der Waals surface area contributed by atoms with E-state index in [0.717, 1.165) is 0 Å². The number of ether oxygens (including phenoxy) is 2. The van der Waals surface area contributed by atoms with Crippen LogP contribution in [0.5, 0.6) is 5.75 Å². The summed E-state index contributed by atoms with van der Waals surface area (Å²) in [4.78, 5) is 26.9. The van der Waals surface area contributed by atoms with Crippen molar-refractivity contribution in [1.82, 2.24) is 9.21 Å². The molecule has 0 spiro atoms. The third-order valence-electron chi connectivity index (χ3n) is 5.86. The number of methoxy groups -OCH3 is 1. The Kier molecular flexibility index (Phi) is 7.36. The highest BCUT2D eigenvalue weighted by Gasteiger charge is 2.36. The lowest BCUT2D eigenvalue weighted by Crippen LogP contribution is -2.49. The zero-order valence-electron chi connectivity index (χ0n) is 17.6. The van der Waals surface area contributed by atoms with E-state index in [9.17, 15) is 18.0 Å². The molecule has 0 N–H and O–H groups in total. The first-order valence-electron chi connectivity index (χ1n) is 10.5. The Morgan fingerprint density at radius 1 is 1.03 bits per heavy atom. The van der Waals surface area contributed by atoms with Gasteiger partial charge >= 0.3 is 5.97 Å². The van der Waals surface area contributed by atoms with E-state index >= 15 is 0 Å².